The van der Waals surface area contributed by atoms with Crippen LogP contribution in [0.4, 0.5) is 26.3 Å². The van der Waals surface area contributed by atoms with E-state index in [9.17, 15) is 36.6 Å². The van der Waals surface area contributed by atoms with Crippen molar-refractivity contribution in [1.82, 2.24) is 10.3 Å². The van der Waals surface area contributed by atoms with Gasteiger partial charge in [-0.15, -0.1) is 13.2 Å². The SMILES string of the molecule is CNCc1cc(-c2ccc(OC(F)(F)F)cc2)c2ncoc2c1C(O)CO.O=C(O)C(F)(F)F. The third-order valence-electron chi connectivity index (χ3n) is 4.25. The topological polar surface area (TPSA) is 125 Å². The Morgan fingerprint density at radius 1 is 1.18 bits per heavy atom. The van der Waals surface area contributed by atoms with Crippen LogP contribution in [0, 0.1) is 0 Å². The number of oxazole rings is 1. The number of aliphatic hydroxyl groups is 2. The van der Waals surface area contributed by atoms with Gasteiger partial charge in [-0.2, -0.15) is 13.2 Å². The van der Waals surface area contributed by atoms with Crippen LogP contribution in [0.2, 0.25) is 0 Å². The lowest BCUT2D eigenvalue weighted by Crippen LogP contribution is -2.21. The molecule has 3 aromatic rings. The normalized spacial score (nSPS) is 12.7. The second-order valence-corrected chi connectivity index (χ2v) is 6.63. The Hall–Kier alpha value is -3.36. The Bertz CT molecular complexity index is 1110. The standard InChI is InChI=1S/C18H17F3N2O4.C2HF3O2/c1-22-7-11-6-13(10-2-4-12(5-3-10)27-18(19,20)21)16-17(26-9-23-16)15(11)14(25)8-24;3-2(4,5)1(6)7/h2-6,9,14,22,24-25H,7-8H2,1H3;(H,6,7). The Kier molecular flexibility index (Phi) is 8.47. The summed E-state index contributed by atoms with van der Waals surface area (Å²) in [6.45, 7) is -0.110. The van der Waals surface area contributed by atoms with Gasteiger partial charge in [-0.25, -0.2) is 9.78 Å². The van der Waals surface area contributed by atoms with Crippen molar-refractivity contribution in [3.05, 3.63) is 47.9 Å². The van der Waals surface area contributed by atoms with Crippen LogP contribution in [-0.2, 0) is 11.3 Å². The monoisotopic (exact) mass is 496 g/mol. The molecule has 1 unspecified atom stereocenters. The molecule has 0 saturated heterocycles. The minimum atomic E-state index is -5.08. The van der Waals surface area contributed by atoms with Crippen LogP contribution in [0.25, 0.3) is 22.2 Å². The number of benzene rings is 2. The minimum Gasteiger partial charge on any atom is -0.475 e. The average Bonchev–Trinajstić information content (AvgIpc) is 3.21. The van der Waals surface area contributed by atoms with Crippen LogP contribution in [-0.4, -0.2) is 52.5 Å². The lowest BCUT2D eigenvalue weighted by molar-refractivity contribution is -0.274. The Balaban J connectivity index is 0.000000509. The fourth-order valence-corrected chi connectivity index (χ4v) is 2.94. The fourth-order valence-electron chi connectivity index (χ4n) is 2.94. The van der Waals surface area contributed by atoms with Crippen LogP contribution >= 0.6 is 0 Å². The molecule has 0 fully saturated rings. The number of aliphatic carboxylic acids is 1. The first-order chi connectivity index (χ1) is 15.8. The van der Waals surface area contributed by atoms with Gasteiger partial charge in [-0.3, -0.25) is 0 Å². The molecule has 4 N–H and O–H groups in total. The molecule has 186 valence electrons. The van der Waals surface area contributed by atoms with E-state index in [1.54, 1.807) is 13.1 Å². The summed E-state index contributed by atoms with van der Waals surface area (Å²) in [6, 6.07) is 7.15. The van der Waals surface area contributed by atoms with Gasteiger partial charge in [0.25, 0.3) is 0 Å². The number of carboxylic acids is 1. The maximum absolute atomic E-state index is 12.3. The van der Waals surface area contributed by atoms with Crippen LogP contribution in [0.5, 0.6) is 5.75 Å². The quantitative estimate of drug-likeness (QED) is 0.380. The number of aliphatic hydroxyl groups excluding tert-OH is 2. The number of carboxylic acid groups (broad SMARTS) is 1. The van der Waals surface area contributed by atoms with Crippen molar-refractivity contribution in [3.63, 3.8) is 0 Å². The van der Waals surface area contributed by atoms with Crippen molar-refractivity contribution in [2.45, 2.75) is 25.2 Å². The third-order valence-corrected chi connectivity index (χ3v) is 4.25. The van der Waals surface area contributed by atoms with Gasteiger partial charge in [-0.1, -0.05) is 12.1 Å². The highest BCUT2D eigenvalue weighted by Gasteiger charge is 2.38. The Morgan fingerprint density at radius 3 is 2.24 bits per heavy atom. The summed E-state index contributed by atoms with van der Waals surface area (Å²) in [5, 5.41) is 29.6. The van der Waals surface area contributed by atoms with E-state index in [1.807, 2.05) is 0 Å². The second kappa shape index (κ2) is 10.7. The lowest BCUT2D eigenvalue weighted by Gasteiger charge is -2.16. The highest BCUT2D eigenvalue weighted by Crippen LogP contribution is 2.36. The predicted molar refractivity (Wildman–Crippen MR) is 105 cm³/mol. The van der Waals surface area contributed by atoms with Crippen LogP contribution in [0.1, 0.15) is 17.2 Å². The smallest absolute Gasteiger partial charge is 0.475 e. The number of fused-ring (bicyclic) bond motifs is 1. The fraction of sp³-hybridized carbons (Fsp3) is 0.300. The first-order valence-corrected chi connectivity index (χ1v) is 9.27. The molecular weight excluding hydrogens is 478 g/mol. The number of halogens is 6. The molecule has 0 aliphatic carbocycles. The second-order valence-electron chi connectivity index (χ2n) is 6.63. The van der Waals surface area contributed by atoms with Crippen molar-refractivity contribution in [2.24, 2.45) is 0 Å². The molecule has 0 radical (unpaired) electrons. The first kappa shape index (κ1) is 26.9. The number of nitrogens with zero attached hydrogens (tertiary/aromatic N) is 1. The number of alkyl halides is 6. The molecule has 0 aliphatic heterocycles. The molecule has 0 aliphatic rings. The minimum absolute atomic E-state index is 0.315. The predicted octanol–water partition coefficient (Wildman–Crippen LogP) is 3.77. The number of nitrogens with one attached hydrogen (secondary N) is 1. The molecule has 1 heterocycles. The van der Waals surface area contributed by atoms with E-state index >= 15 is 0 Å². The highest BCUT2D eigenvalue weighted by atomic mass is 19.4. The lowest BCUT2D eigenvalue weighted by atomic mass is 9.94. The molecule has 0 amide bonds. The van der Waals surface area contributed by atoms with Crippen molar-refractivity contribution in [1.29, 1.82) is 0 Å². The number of rotatable bonds is 6. The largest absolute Gasteiger partial charge is 0.573 e. The van der Waals surface area contributed by atoms with Gasteiger partial charge in [0.05, 0.1) is 6.61 Å². The maximum atomic E-state index is 12.3. The number of ether oxygens (including phenoxy) is 1. The van der Waals surface area contributed by atoms with Gasteiger partial charge in [0.2, 0.25) is 0 Å². The van der Waals surface area contributed by atoms with Gasteiger partial charge in [0.15, 0.2) is 12.0 Å². The van der Waals surface area contributed by atoms with Gasteiger partial charge in [-0.05, 0) is 36.4 Å². The maximum Gasteiger partial charge on any atom is 0.573 e. The van der Waals surface area contributed by atoms with Gasteiger partial charge >= 0.3 is 18.5 Å². The number of aromatic nitrogens is 1. The summed E-state index contributed by atoms with van der Waals surface area (Å²) in [6.07, 6.45) is -9.78. The van der Waals surface area contributed by atoms with E-state index in [4.69, 9.17) is 14.3 Å². The summed E-state index contributed by atoms with van der Waals surface area (Å²) in [5.74, 6) is -3.09. The molecule has 3 rings (SSSR count). The zero-order valence-corrected chi connectivity index (χ0v) is 17.2. The van der Waals surface area contributed by atoms with Crippen molar-refractivity contribution >= 4 is 17.1 Å². The number of hydrogen-bond donors (Lipinski definition) is 4. The van der Waals surface area contributed by atoms with E-state index in [1.165, 1.54) is 30.7 Å². The number of carbonyl (C=O) groups is 1. The Morgan fingerprint density at radius 2 is 1.76 bits per heavy atom. The number of hydrogen-bond acceptors (Lipinski definition) is 7. The summed E-state index contributed by atoms with van der Waals surface area (Å²) >= 11 is 0. The van der Waals surface area contributed by atoms with Gasteiger partial charge < -0.3 is 29.8 Å². The van der Waals surface area contributed by atoms with E-state index in [0.29, 0.717) is 39.9 Å². The highest BCUT2D eigenvalue weighted by molar-refractivity contribution is 5.93. The summed E-state index contributed by atoms with van der Waals surface area (Å²) < 4.78 is 78.0. The zero-order chi connectivity index (χ0) is 25.7. The molecule has 1 atom stereocenters. The summed E-state index contributed by atoms with van der Waals surface area (Å²) in [7, 11) is 1.72. The van der Waals surface area contributed by atoms with Crippen molar-refractivity contribution in [3.8, 4) is 16.9 Å². The van der Waals surface area contributed by atoms with Crippen molar-refractivity contribution in [2.75, 3.05) is 13.7 Å². The first-order valence-electron chi connectivity index (χ1n) is 9.27. The average molecular weight is 496 g/mol. The van der Waals surface area contributed by atoms with Crippen LogP contribution < -0.4 is 10.1 Å². The van der Waals surface area contributed by atoms with Crippen LogP contribution in [0.3, 0.4) is 0 Å². The molecule has 0 saturated carbocycles. The van der Waals surface area contributed by atoms with Gasteiger partial charge in [0.1, 0.15) is 17.4 Å². The van der Waals surface area contributed by atoms with E-state index < -0.39 is 31.2 Å². The van der Waals surface area contributed by atoms with Crippen LogP contribution in [0.15, 0.2) is 41.1 Å². The molecule has 34 heavy (non-hydrogen) atoms. The summed E-state index contributed by atoms with van der Waals surface area (Å²) in [5.41, 5.74) is 3.06. The van der Waals surface area contributed by atoms with E-state index in [-0.39, 0.29) is 5.75 Å². The van der Waals surface area contributed by atoms with E-state index in [0.717, 1.165) is 0 Å². The Labute approximate surface area is 187 Å². The zero-order valence-electron chi connectivity index (χ0n) is 17.2. The molecule has 0 bridgehead atoms. The summed E-state index contributed by atoms with van der Waals surface area (Å²) in [4.78, 5) is 13.1. The molecular formula is C20H18F6N2O6. The molecule has 14 heteroatoms. The molecule has 1 aromatic heterocycles. The van der Waals surface area contributed by atoms with E-state index in [2.05, 4.69) is 15.0 Å². The molecule has 2 aromatic carbocycles. The molecule has 8 nitrogen and oxygen atoms in total. The van der Waals surface area contributed by atoms with Gasteiger partial charge in [0, 0.05) is 17.7 Å². The molecule has 0 spiro atoms. The van der Waals surface area contributed by atoms with Crippen molar-refractivity contribution < 1.29 is 55.6 Å². The third kappa shape index (κ3) is 6.82.